The highest BCUT2D eigenvalue weighted by atomic mass is 16.5. The molecule has 0 amide bonds. The minimum Gasteiger partial charge on any atom is -0.478 e. The number of ketones is 1. The molecule has 5 nitrogen and oxygen atoms in total. The molecule has 0 unspecified atom stereocenters. The second-order valence-corrected chi connectivity index (χ2v) is 2.67. The van der Waals surface area contributed by atoms with Gasteiger partial charge in [0.1, 0.15) is 6.10 Å². The Balaban J connectivity index is 2.77. The second kappa shape index (κ2) is 3.38. The van der Waals surface area contributed by atoms with Crippen LogP contribution in [0.15, 0.2) is 11.6 Å². The Kier molecular flexibility index (Phi) is 2.46. The second-order valence-electron chi connectivity index (χ2n) is 2.67. The van der Waals surface area contributed by atoms with Crippen LogP contribution >= 0.6 is 0 Å². The van der Waals surface area contributed by atoms with Crippen molar-refractivity contribution in [2.24, 2.45) is 0 Å². The number of esters is 1. The van der Waals surface area contributed by atoms with Crippen molar-refractivity contribution in [2.75, 3.05) is 0 Å². The Labute approximate surface area is 74.0 Å². The van der Waals surface area contributed by atoms with Gasteiger partial charge < -0.3 is 9.84 Å². The van der Waals surface area contributed by atoms with Crippen molar-refractivity contribution >= 4 is 17.7 Å². The van der Waals surface area contributed by atoms with Crippen molar-refractivity contribution in [1.82, 2.24) is 0 Å². The molecular weight excluding hydrogens is 176 g/mol. The maximum atomic E-state index is 10.8. The van der Waals surface area contributed by atoms with Crippen LogP contribution in [0, 0.1) is 0 Å². The Morgan fingerprint density at radius 2 is 2.23 bits per heavy atom. The topological polar surface area (TPSA) is 80.7 Å². The van der Waals surface area contributed by atoms with Crippen LogP contribution in [0.2, 0.25) is 0 Å². The summed E-state index contributed by atoms with van der Waals surface area (Å²) in [7, 11) is 0. The lowest BCUT2D eigenvalue weighted by Gasteiger charge is -2.10. The van der Waals surface area contributed by atoms with E-state index in [1.807, 2.05) is 0 Å². The molecule has 0 aliphatic heterocycles. The first-order chi connectivity index (χ1) is 6.00. The van der Waals surface area contributed by atoms with E-state index < -0.39 is 18.0 Å². The van der Waals surface area contributed by atoms with Crippen molar-refractivity contribution in [3.8, 4) is 0 Å². The van der Waals surface area contributed by atoms with Crippen molar-refractivity contribution in [3.05, 3.63) is 11.6 Å². The summed E-state index contributed by atoms with van der Waals surface area (Å²) in [4.78, 5) is 31.9. The predicted octanol–water partition coefficient (Wildman–Crippen LogP) is -0.0981. The van der Waals surface area contributed by atoms with E-state index in [-0.39, 0.29) is 17.8 Å². The SMILES string of the molecule is CC(=O)O[C@H]1CC(=O)C=C1C(=O)O. The summed E-state index contributed by atoms with van der Waals surface area (Å²) < 4.78 is 4.65. The largest absolute Gasteiger partial charge is 0.478 e. The van der Waals surface area contributed by atoms with Crippen LogP contribution in [0.4, 0.5) is 0 Å². The van der Waals surface area contributed by atoms with E-state index in [4.69, 9.17) is 5.11 Å². The zero-order chi connectivity index (χ0) is 10.0. The number of hydrogen-bond acceptors (Lipinski definition) is 4. The van der Waals surface area contributed by atoms with Crippen LogP contribution in [0.25, 0.3) is 0 Å². The molecule has 0 saturated carbocycles. The molecule has 1 aliphatic rings. The van der Waals surface area contributed by atoms with Gasteiger partial charge >= 0.3 is 11.9 Å². The molecule has 5 heteroatoms. The third kappa shape index (κ3) is 2.14. The van der Waals surface area contributed by atoms with E-state index in [0.29, 0.717) is 0 Å². The molecule has 0 aromatic heterocycles. The normalized spacial score (nSPS) is 21.2. The molecule has 70 valence electrons. The minimum absolute atomic E-state index is 0.0682. The highest BCUT2D eigenvalue weighted by molar-refractivity contribution is 6.04. The Hall–Kier alpha value is -1.65. The van der Waals surface area contributed by atoms with Gasteiger partial charge in [0.2, 0.25) is 0 Å². The van der Waals surface area contributed by atoms with E-state index in [9.17, 15) is 14.4 Å². The first-order valence-corrected chi connectivity index (χ1v) is 3.65. The molecule has 1 aliphatic carbocycles. The molecule has 1 atom stereocenters. The van der Waals surface area contributed by atoms with Crippen LogP contribution in [0.3, 0.4) is 0 Å². The summed E-state index contributed by atoms with van der Waals surface area (Å²) in [6.07, 6.45) is 0.0134. The summed E-state index contributed by atoms with van der Waals surface area (Å²) in [6.45, 7) is 1.17. The summed E-state index contributed by atoms with van der Waals surface area (Å²) in [5, 5.41) is 8.60. The lowest BCUT2D eigenvalue weighted by Crippen LogP contribution is -2.20. The average molecular weight is 184 g/mol. The number of carboxylic acids is 1. The highest BCUT2D eigenvalue weighted by Gasteiger charge is 2.31. The molecule has 0 spiro atoms. The maximum Gasteiger partial charge on any atom is 0.335 e. The lowest BCUT2D eigenvalue weighted by molar-refractivity contribution is -0.146. The number of hydrogen-bond donors (Lipinski definition) is 1. The van der Waals surface area contributed by atoms with Crippen LogP contribution < -0.4 is 0 Å². The molecule has 13 heavy (non-hydrogen) atoms. The van der Waals surface area contributed by atoms with E-state index >= 15 is 0 Å². The Morgan fingerprint density at radius 1 is 1.62 bits per heavy atom. The summed E-state index contributed by atoms with van der Waals surface area (Å²) >= 11 is 0. The fraction of sp³-hybridized carbons (Fsp3) is 0.375. The molecule has 0 aromatic carbocycles. The van der Waals surface area contributed by atoms with Gasteiger partial charge in [0.15, 0.2) is 5.78 Å². The number of ether oxygens (including phenoxy) is 1. The monoisotopic (exact) mass is 184 g/mol. The number of carbonyl (C=O) groups excluding carboxylic acids is 2. The van der Waals surface area contributed by atoms with E-state index in [2.05, 4.69) is 4.74 Å². The van der Waals surface area contributed by atoms with Crippen molar-refractivity contribution in [1.29, 1.82) is 0 Å². The van der Waals surface area contributed by atoms with Gasteiger partial charge in [-0.15, -0.1) is 0 Å². The van der Waals surface area contributed by atoms with Crippen molar-refractivity contribution < 1.29 is 24.2 Å². The molecule has 0 heterocycles. The first kappa shape index (κ1) is 9.44. The van der Waals surface area contributed by atoms with Crippen LogP contribution in [-0.2, 0) is 19.1 Å². The van der Waals surface area contributed by atoms with Gasteiger partial charge in [-0.25, -0.2) is 4.79 Å². The summed E-state index contributed by atoms with van der Waals surface area (Å²) in [6, 6.07) is 0. The number of carbonyl (C=O) groups is 3. The zero-order valence-electron chi connectivity index (χ0n) is 6.94. The number of allylic oxidation sites excluding steroid dienone is 1. The molecular formula is C8H8O5. The molecule has 0 aromatic rings. The van der Waals surface area contributed by atoms with Crippen molar-refractivity contribution in [2.45, 2.75) is 19.4 Å². The smallest absolute Gasteiger partial charge is 0.335 e. The van der Waals surface area contributed by atoms with Gasteiger partial charge in [-0.1, -0.05) is 0 Å². The summed E-state index contributed by atoms with van der Waals surface area (Å²) in [5.74, 6) is -2.15. The van der Waals surface area contributed by atoms with E-state index in [1.54, 1.807) is 0 Å². The van der Waals surface area contributed by atoms with E-state index in [0.717, 1.165) is 6.08 Å². The minimum atomic E-state index is -1.22. The molecule has 0 fully saturated rings. The first-order valence-electron chi connectivity index (χ1n) is 3.65. The van der Waals surface area contributed by atoms with Gasteiger partial charge in [0, 0.05) is 6.92 Å². The summed E-state index contributed by atoms with van der Waals surface area (Å²) in [5.41, 5.74) is -0.153. The average Bonchev–Trinajstić information content (AvgIpc) is 2.29. The van der Waals surface area contributed by atoms with Gasteiger partial charge in [-0.05, 0) is 6.08 Å². The zero-order valence-corrected chi connectivity index (χ0v) is 6.94. The lowest BCUT2D eigenvalue weighted by atomic mass is 10.2. The van der Waals surface area contributed by atoms with E-state index in [1.165, 1.54) is 6.92 Å². The third-order valence-corrected chi connectivity index (χ3v) is 1.61. The molecule has 1 N–H and O–H groups in total. The molecule has 0 radical (unpaired) electrons. The van der Waals surface area contributed by atoms with Gasteiger partial charge in [0.25, 0.3) is 0 Å². The van der Waals surface area contributed by atoms with Crippen LogP contribution in [0.5, 0.6) is 0 Å². The third-order valence-electron chi connectivity index (χ3n) is 1.61. The number of carboxylic acid groups (broad SMARTS) is 1. The van der Waals surface area contributed by atoms with Crippen LogP contribution in [0.1, 0.15) is 13.3 Å². The standard InChI is InChI=1S/C8H8O5/c1-4(9)13-7-3-5(10)2-6(7)8(11)12/h2,7H,3H2,1H3,(H,11,12)/t7-/m0/s1. The quantitative estimate of drug-likeness (QED) is 0.606. The van der Waals surface area contributed by atoms with Gasteiger partial charge in [-0.2, -0.15) is 0 Å². The van der Waals surface area contributed by atoms with Gasteiger partial charge in [0.05, 0.1) is 12.0 Å². The maximum absolute atomic E-state index is 10.8. The number of rotatable bonds is 2. The number of aliphatic carboxylic acids is 1. The van der Waals surface area contributed by atoms with Crippen molar-refractivity contribution in [3.63, 3.8) is 0 Å². The fourth-order valence-electron chi connectivity index (χ4n) is 1.12. The fourth-order valence-corrected chi connectivity index (χ4v) is 1.12. The van der Waals surface area contributed by atoms with Crippen LogP contribution in [-0.4, -0.2) is 28.9 Å². The highest BCUT2D eigenvalue weighted by Crippen LogP contribution is 2.19. The predicted molar refractivity (Wildman–Crippen MR) is 40.9 cm³/mol. The Bertz CT molecular complexity index is 302. The molecule has 0 saturated heterocycles. The molecule has 1 rings (SSSR count). The molecule has 0 bridgehead atoms. The Morgan fingerprint density at radius 3 is 2.69 bits per heavy atom. The van der Waals surface area contributed by atoms with Gasteiger partial charge in [-0.3, -0.25) is 9.59 Å².